The second-order valence-electron chi connectivity index (χ2n) is 2.77. The summed E-state index contributed by atoms with van der Waals surface area (Å²) in [7, 11) is 1.46. The van der Waals surface area contributed by atoms with Crippen LogP contribution in [0.4, 0.5) is 0 Å². The Morgan fingerprint density at radius 2 is 2.31 bits per heavy atom. The second-order valence-corrected chi connectivity index (χ2v) is 2.77. The van der Waals surface area contributed by atoms with E-state index in [0.717, 1.165) is 5.69 Å². The molecule has 0 fully saturated rings. The first kappa shape index (κ1) is 7.91. The largest absolute Gasteiger partial charge is 0.464 e. The molecule has 0 spiro atoms. The topological polar surface area (TPSA) is 44.4 Å². The van der Waals surface area contributed by atoms with Crippen molar-refractivity contribution in [3.8, 4) is 0 Å². The first-order valence-corrected chi connectivity index (χ1v) is 3.88. The number of furan rings is 1. The van der Waals surface area contributed by atoms with Crippen LogP contribution in [-0.4, -0.2) is 11.8 Å². The van der Waals surface area contributed by atoms with E-state index in [2.05, 4.69) is 0 Å². The van der Waals surface area contributed by atoms with E-state index in [9.17, 15) is 4.79 Å². The van der Waals surface area contributed by atoms with Gasteiger partial charge in [-0.3, -0.25) is 4.79 Å². The van der Waals surface area contributed by atoms with Gasteiger partial charge in [0.05, 0.1) is 17.3 Å². The molecule has 0 bridgehead atoms. The average Bonchev–Trinajstić information content (AvgIpc) is 2.53. The molecule has 2 aromatic heterocycles. The number of fused-ring (bicyclic) bond motifs is 1. The Morgan fingerprint density at radius 1 is 1.54 bits per heavy atom. The van der Waals surface area contributed by atoms with Crippen LogP contribution in [0.2, 0.25) is 0 Å². The van der Waals surface area contributed by atoms with E-state index in [1.165, 1.54) is 18.1 Å². The fourth-order valence-corrected chi connectivity index (χ4v) is 1.35. The molecule has 68 valence electrons. The van der Waals surface area contributed by atoms with Crippen LogP contribution in [0.15, 0.2) is 27.6 Å². The molecule has 2 rings (SSSR count). The molecule has 0 aliphatic rings. The Labute approximate surface area is 74.3 Å². The van der Waals surface area contributed by atoms with Gasteiger partial charge in [-0.2, -0.15) is 0 Å². The highest BCUT2D eigenvalue weighted by molar-refractivity contribution is 5.76. The summed E-state index contributed by atoms with van der Waals surface area (Å²) in [6, 6.07) is 3.40. The van der Waals surface area contributed by atoms with E-state index in [0.29, 0.717) is 11.0 Å². The maximum Gasteiger partial charge on any atom is 0.294 e. The molecule has 0 atom stereocenters. The van der Waals surface area contributed by atoms with E-state index in [-0.39, 0.29) is 5.56 Å². The van der Waals surface area contributed by atoms with Gasteiger partial charge in [0.25, 0.3) is 5.56 Å². The van der Waals surface area contributed by atoms with Crippen molar-refractivity contribution in [2.24, 2.45) is 0 Å². The molecular formula is C9H9NO3. The van der Waals surface area contributed by atoms with Crippen molar-refractivity contribution < 1.29 is 9.25 Å². The molecule has 0 aliphatic heterocycles. The minimum atomic E-state index is -0.189. The summed E-state index contributed by atoms with van der Waals surface area (Å²) in [5.41, 5.74) is 1.12. The molecule has 0 aromatic carbocycles. The first-order valence-electron chi connectivity index (χ1n) is 3.88. The summed E-state index contributed by atoms with van der Waals surface area (Å²) in [6.45, 7) is 1.78. The average molecular weight is 179 g/mol. The van der Waals surface area contributed by atoms with Crippen molar-refractivity contribution in [1.82, 2.24) is 4.73 Å². The van der Waals surface area contributed by atoms with Crippen molar-refractivity contribution in [1.29, 1.82) is 0 Å². The van der Waals surface area contributed by atoms with Gasteiger partial charge in [0.1, 0.15) is 12.7 Å². The van der Waals surface area contributed by atoms with Gasteiger partial charge in [0, 0.05) is 6.07 Å². The van der Waals surface area contributed by atoms with Crippen LogP contribution in [0.1, 0.15) is 5.69 Å². The van der Waals surface area contributed by atoms with E-state index < -0.39 is 0 Å². The summed E-state index contributed by atoms with van der Waals surface area (Å²) in [6.07, 6.45) is 1.49. The van der Waals surface area contributed by atoms with Crippen LogP contribution < -0.4 is 10.4 Å². The van der Waals surface area contributed by atoms with Gasteiger partial charge < -0.3 is 9.25 Å². The predicted molar refractivity (Wildman–Crippen MR) is 47.7 cm³/mol. The van der Waals surface area contributed by atoms with Gasteiger partial charge in [0.2, 0.25) is 0 Å². The second kappa shape index (κ2) is 2.65. The number of pyridine rings is 1. The summed E-state index contributed by atoms with van der Waals surface area (Å²) in [5, 5.41) is 0.535. The van der Waals surface area contributed by atoms with Gasteiger partial charge in [0.15, 0.2) is 0 Å². The molecule has 2 heterocycles. The molecule has 0 saturated heterocycles. The minimum Gasteiger partial charge on any atom is -0.464 e. The molecular weight excluding hydrogens is 170 g/mol. The molecule has 0 radical (unpaired) electrons. The highest BCUT2D eigenvalue weighted by Gasteiger charge is 2.07. The first-order chi connectivity index (χ1) is 6.24. The lowest BCUT2D eigenvalue weighted by molar-refractivity contribution is 0.152. The molecule has 2 aromatic rings. The van der Waals surface area contributed by atoms with Gasteiger partial charge in [-0.05, 0) is 13.0 Å². The van der Waals surface area contributed by atoms with Crippen LogP contribution in [0.25, 0.3) is 11.0 Å². The fourth-order valence-electron chi connectivity index (χ4n) is 1.35. The van der Waals surface area contributed by atoms with Crippen molar-refractivity contribution >= 4 is 11.0 Å². The van der Waals surface area contributed by atoms with Gasteiger partial charge >= 0.3 is 0 Å². The Kier molecular flexibility index (Phi) is 1.62. The molecule has 4 nitrogen and oxygen atoms in total. The summed E-state index contributed by atoms with van der Waals surface area (Å²) < 4.78 is 6.34. The zero-order chi connectivity index (χ0) is 9.42. The van der Waals surface area contributed by atoms with Gasteiger partial charge in [-0.15, -0.1) is 4.73 Å². The molecule has 0 unspecified atom stereocenters. The van der Waals surface area contributed by atoms with Crippen LogP contribution in [0.3, 0.4) is 0 Å². The minimum absolute atomic E-state index is 0.189. The third kappa shape index (κ3) is 1.02. The molecule has 0 N–H and O–H groups in total. The lowest BCUT2D eigenvalue weighted by atomic mass is 10.3. The maximum atomic E-state index is 11.6. The van der Waals surface area contributed by atoms with Gasteiger partial charge in [-0.25, -0.2) is 0 Å². The quantitative estimate of drug-likeness (QED) is 0.655. The van der Waals surface area contributed by atoms with E-state index >= 15 is 0 Å². The SMILES string of the molecule is COn1c(C)cc2occc2c1=O. The van der Waals surface area contributed by atoms with E-state index in [4.69, 9.17) is 9.25 Å². The smallest absolute Gasteiger partial charge is 0.294 e. The zero-order valence-corrected chi connectivity index (χ0v) is 7.40. The normalized spacial score (nSPS) is 10.6. The van der Waals surface area contributed by atoms with Crippen LogP contribution in [0.5, 0.6) is 0 Å². The summed E-state index contributed by atoms with van der Waals surface area (Å²) >= 11 is 0. The Balaban J connectivity index is 2.93. The lowest BCUT2D eigenvalue weighted by Gasteiger charge is -2.05. The van der Waals surface area contributed by atoms with Crippen LogP contribution in [0, 0.1) is 6.92 Å². The van der Waals surface area contributed by atoms with Crippen molar-refractivity contribution in [3.63, 3.8) is 0 Å². The van der Waals surface area contributed by atoms with Crippen LogP contribution >= 0.6 is 0 Å². The number of aryl methyl sites for hydroxylation is 1. The molecule has 0 amide bonds. The van der Waals surface area contributed by atoms with Crippen molar-refractivity contribution in [2.45, 2.75) is 6.92 Å². The Bertz CT molecular complexity index is 495. The Morgan fingerprint density at radius 3 is 3.00 bits per heavy atom. The number of aromatic nitrogens is 1. The van der Waals surface area contributed by atoms with E-state index in [1.54, 1.807) is 19.1 Å². The predicted octanol–water partition coefficient (Wildman–Crippen LogP) is 0.961. The fraction of sp³-hybridized carbons (Fsp3) is 0.222. The summed E-state index contributed by atoms with van der Waals surface area (Å²) in [5.74, 6) is 0. The Hall–Kier alpha value is -1.71. The van der Waals surface area contributed by atoms with Crippen LogP contribution in [-0.2, 0) is 0 Å². The molecule has 0 aliphatic carbocycles. The number of hydrogen-bond donors (Lipinski definition) is 0. The molecule has 13 heavy (non-hydrogen) atoms. The molecule has 0 saturated carbocycles. The highest BCUT2D eigenvalue weighted by Crippen LogP contribution is 2.11. The van der Waals surface area contributed by atoms with E-state index in [1.807, 2.05) is 0 Å². The van der Waals surface area contributed by atoms with Crippen molar-refractivity contribution in [3.05, 3.63) is 34.4 Å². The standard InChI is InChI=1S/C9H9NO3/c1-6-5-8-7(3-4-13-8)9(11)10(6)12-2/h3-5H,1-2H3. The number of hydrogen-bond acceptors (Lipinski definition) is 3. The third-order valence-corrected chi connectivity index (χ3v) is 1.95. The molecule has 4 heteroatoms. The summed E-state index contributed by atoms with van der Waals surface area (Å²) in [4.78, 5) is 16.5. The maximum absolute atomic E-state index is 11.6. The zero-order valence-electron chi connectivity index (χ0n) is 7.40. The van der Waals surface area contributed by atoms with Crippen molar-refractivity contribution in [2.75, 3.05) is 7.11 Å². The number of nitrogens with zero attached hydrogens (tertiary/aromatic N) is 1. The number of rotatable bonds is 1. The van der Waals surface area contributed by atoms with Gasteiger partial charge in [-0.1, -0.05) is 0 Å². The highest BCUT2D eigenvalue weighted by atomic mass is 16.6. The third-order valence-electron chi connectivity index (χ3n) is 1.95. The monoisotopic (exact) mass is 179 g/mol. The lowest BCUT2D eigenvalue weighted by Crippen LogP contribution is -2.26.